The molecule has 1 atom stereocenters. The number of methoxy groups -OCH3 is 1. The molecule has 1 aliphatic rings. The number of benzene rings is 1. The number of nitro benzene ring substituents is 1. The van der Waals surface area contributed by atoms with Crippen molar-refractivity contribution in [2.75, 3.05) is 26.8 Å². The Morgan fingerprint density at radius 1 is 1.50 bits per heavy atom. The highest BCUT2D eigenvalue weighted by atomic mass is 16.6. The molecule has 0 spiro atoms. The van der Waals surface area contributed by atoms with Crippen molar-refractivity contribution < 1.29 is 9.66 Å². The molecule has 0 radical (unpaired) electrons. The SMILES string of the molecule is COC[C@@H]1CCCN(Cc2cccc([N+](=O)[O-])c2C)C1. The smallest absolute Gasteiger partial charge is 0.272 e. The lowest BCUT2D eigenvalue weighted by molar-refractivity contribution is -0.385. The van der Waals surface area contributed by atoms with E-state index in [1.54, 1.807) is 19.2 Å². The van der Waals surface area contributed by atoms with Crippen molar-refractivity contribution in [3.05, 3.63) is 39.4 Å². The Bertz CT molecular complexity index is 474. The highest BCUT2D eigenvalue weighted by Gasteiger charge is 2.21. The summed E-state index contributed by atoms with van der Waals surface area (Å²) in [6, 6.07) is 5.34. The molecule has 2 rings (SSSR count). The van der Waals surface area contributed by atoms with Crippen molar-refractivity contribution in [2.24, 2.45) is 5.92 Å². The molecule has 0 amide bonds. The molecule has 0 saturated carbocycles. The number of nitro groups is 1. The molecule has 1 fully saturated rings. The minimum atomic E-state index is -0.303. The first-order valence-corrected chi connectivity index (χ1v) is 7.06. The molecule has 0 aromatic heterocycles. The average Bonchev–Trinajstić information content (AvgIpc) is 2.42. The second kappa shape index (κ2) is 6.81. The molecule has 1 aromatic rings. The number of piperidine rings is 1. The molecule has 1 aliphatic heterocycles. The van der Waals surface area contributed by atoms with Gasteiger partial charge >= 0.3 is 0 Å². The highest BCUT2D eigenvalue weighted by molar-refractivity contribution is 5.44. The molecule has 5 heteroatoms. The Hall–Kier alpha value is -1.46. The zero-order valence-corrected chi connectivity index (χ0v) is 12.2. The van der Waals surface area contributed by atoms with Gasteiger partial charge in [-0.25, -0.2) is 0 Å². The van der Waals surface area contributed by atoms with E-state index in [4.69, 9.17) is 4.74 Å². The first kappa shape index (κ1) is 14.9. The number of likely N-dealkylation sites (tertiary alicyclic amines) is 1. The molecule has 0 aliphatic carbocycles. The van der Waals surface area contributed by atoms with E-state index in [0.717, 1.165) is 37.4 Å². The van der Waals surface area contributed by atoms with Gasteiger partial charge in [-0.05, 0) is 37.8 Å². The first-order valence-electron chi connectivity index (χ1n) is 7.06. The summed E-state index contributed by atoms with van der Waals surface area (Å²) in [6.07, 6.45) is 2.38. The van der Waals surface area contributed by atoms with E-state index in [1.165, 1.54) is 12.8 Å². The summed E-state index contributed by atoms with van der Waals surface area (Å²) < 4.78 is 5.24. The van der Waals surface area contributed by atoms with Gasteiger partial charge in [-0.15, -0.1) is 0 Å². The lowest BCUT2D eigenvalue weighted by Crippen LogP contribution is -2.36. The van der Waals surface area contributed by atoms with Crippen LogP contribution in [-0.2, 0) is 11.3 Å². The summed E-state index contributed by atoms with van der Waals surface area (Å²) in [4.78, 5) is 13.1. The Morgan fingerprint density at radius 3 is 3.00 bits per heavy atom. The van der Waals surface area contributed by atoms with Gasteiger partial charge in [-0.3, -0.25) is 15.0 Å². The summed E-state index contributed by atoms with van der Waals surface area (Å²) in [5, 5.41) is 11.0. The predicted molar refractivity (Wildman–Crippen MR) is 77.7 cm³/mol. The minimum Gasteiger partial charge on any atom is -0.384 e. The third kappa shape index (κ3) is 3.55. The van der Waals surface area contributed by atoms with Crippen molar-refractivity contribution >= 4 is 5.69 Å². The zero-order valence-electron chi connectivity index (χ0n) is 12.2. The van der Waals surface area contributed by atoms with E-state index in [9.17, 15) is 10.1 Å². The van der Waals surface area contributed by atoms with E-state index in [0.29, 0.717) is 5.92 Å². The molecule has 0 N–H and O–H groups in total. The lowest BCUT2D eigenvalue weighted by atomic mass is 9.97. The van der Waals surface area contributed by atoms with Crippen molar-refractivity contribution in [3.8, 4) is 0 Å². The minimum absolute atomic E-state index is 0.216. The Morgan fingerprint density at radius 2 is 2.30 bits per heavy atom. The fourth-order valence-corrected chi connectivity index (χ4v) is 2.95. The van der Waals surface area contributed by atoms with Crippen molar-refractivity contribution in [1.82, 2.24) is 4.90 Å². The van der Waals surface area contributed by atoms with Crippen LogP contribution in [0.15, 0.2) is 18.2 Å². The maximum Gasteiger partial charge on any atom is 0.272 e. The molecule has 1 heterocycles. The van der Waals surface area contributed by atoms with Crippen LogP contribution in [0.5, 0.6) is 0 Å². The van der Waals surface area contributed by atoms with Crippen LogP contribution in [0.25, 0.3) is 0 Å². The summed E-state index contributed by atoms with van der Waals surface area (Å²) in [6.45, 7) is 5.49. The van der Waals surface area contributed by atoms with Crippen LogP contribution in [0.3, 0.4) is 0 Å². The van der Waals surface area contributed by atoms with E-state index in [2.05, 4.69) is 4.90 Å². The number of nitrogens with zero attached hydrogens (tertiary/aromatic N) is 2. The predicted octanol–water partition coefficient (Wildman–Crippen LogP) is 2.76. The number of ether oxygens (including phenoxy) is 1. The van der Waals surface area contributed by atoms with Gasteiger partial charge in [-0.1, -0.05) is 12.1 Å². The average molecular weight is 278 g/mol. The summed E-state index contributed by atoms with van der Waals surface area (Å²) in [5.41, 5.74) is 2.05. The van der Waals surface area contributed by atoms with Gasteiger partial charge in [0.25, 0.3) is 5.69 Å². The van der Waals surface area contributed by atoms with Gasteiger partial charge < -0.3 is 4.74 Å². The van der Waals surface area contributed by atoms with E-state index in [1.807, 2.05) is 13.0 Å². The van der Waals surface area contributed by atoms with E-state index in [-0.39, 0.29) is 10.6 Å². The van der Waals surface area contributed by atoms with E-state index < -0.39 is 0 Å². The number of rotatable bonds is 5. The summed E-state index contributed by atoms with van der Waals surface area (Å²) in [5.74, 6) is 0.577. The fraction of sp³-hybridized carbons (Fsp3) is 0.600. The second-order valence-electron chi connectivity index (χ2n) is 5.52. The van der Waals surface area contributed by atoms with E-state index >= 15 is 0 Å². The van der Waals surface area contributed by atoms with Gasteiger partial charge in [0.05, 0.1) is 11.5 Å². The molecule has 0 unspecified atom stereocenters. The molecule has 110 valence electrons. The van der Waals surface area contributed by atoms with Gasteiger partial charge in [0.1, 0.15) is 0 Å². The first-order chi connectivity index (χ1) is 9.61. The van der Waals surface area contributed by atoms with Crippen LogP contribution in [-0.4, -0.2) is 36.6 Å². The van der Waals surface area contributed by atoms with Crippen LogP contribution < -0.4 is 0 Å². The largest absolute Gasteiger partial charge is 0.384 e. The fourth-order valence-electron chi connectivity index (χ4n) is 2.95. The Kier molecular flexibility index (Phi) is 5.09. The van der Waals surface area contributed by atoms with Crippen LogP contribution in [0.4, 0.5) is 5.69 Å². The maximum atomic E-state index is 11.0. The van der Waals surface area contributed by atoms with Crippen molar-refractivity contribution in [1.29, 1.82) is 0 Å². The van der Waals surface area contributed by atoms with Crippen LogP contribution in [0.2, 0.25) is 0 Å². The highest BCUT2D eigenvalue weighted by Crippen LogP contribution is 2.24. The lowest BCUT2D eigenvalue weighted by Gasteiger charge is -2.32. The van der Waals surface area contributed by atoms with Gasteiger partial charge in [0, 0.05) is 31.8 Å². The maximum absolute atomic E-state index is 11.0. The molecule has 1 saturated heterocycles. The molecule has 1 aromatic carbocycles. The number of hydrogen-bond donors (Lipinski definition) is 0. The Labute approximate surface area is 119 Å². The monoisotopic (exact) mass is 278 g/mol. The topological polar surface area (TPSA) is 55.6 Å². The third-order valence-corrected chi connectivity index (χ3v) is 4.01. The van der Waals surface area contributed by atoms with Crippen LogP contribution in [0.1, 0.15) is 24.0 Å². The molecular weight excluding hydrogens is 256 g/mol. The van der Waals surface area contributed by atoms with Crippen LogP contribution >= 0.6 is 0 Å². The second-order valence-corrected chi connectivity index (χ2v) is 5.52. The van der Waals surface area contributed by atoms with Gasteiger partial charge in [-0.2, -0.15) is 0 Å². The number of hydrogen-bond acceptors (Lipinski definition) is 4. The quantitative estimate of drug-likeness (QED) is 0.614. The summed E-state index contributed by atoms with van der Waals surface area (Å²) in [7, 11) is 1.74. The van der Waals surface area contributed by atoms with Crippen molar-refractivity contribution in [3.63, 3.8) is 0 Å². The summed E-state index contributed by atoms with van der Waals surface area (Å²) >= 11 is 0. The van der Waals surface area contributed by atoms with Gasteiger partial charge in [0.2, 0.25) is 0 Å². The van der Waals surface area contributed by atoms with Crippen LogP contribution in [0, 0.1) is 23.0 Å². The van der Waals surface area contributed by atoms with Gasteiger partial charge in [0.15, 0.2) is 0 Å². The molecular formula is C15H22N2O3. The zero-order chi connectivity index (χ0) is 14.5. The third-order valence-electron chi connectivity index (χ3n) is 4.01. The molecule has 0 bridgehead atoms. The molecule has 20 heavy (non-hydrogen) atoms. The standard InChI is InChI=1S/C15H22N2O3/c1-12-14(6-3-7-15(12)17(18)19)10-16-8-4-5-13(9-16)11-20-2/h3,6-7,13H,4-5,8-11H2,1-2H3/t13-/m1/s1. The van der Waals surface area contributed by atoms with Crippen molar-refractivity contribution in [2.45, 2.75) is 26.3 Å². The molecule has 5 nitrogen and oxygen atoms in total. The Balaban J connectivity index is 2.06. The normalized spacial score (nSPS) is 20.0.